The first-order valence-corrected chi connectivity index (χ1v) is 6.21. The number of allylic oxidation sites excluding steroid dienone is 1. The van der Waals surface area contributed by atoms with Gasteiger partial charge in [-0.25, -0.2) is 0 Å². The molecule has 0 atom stereocenters. The van der Waals surface area contributed by atoms with Crippen LogP contribution in [-0.2, 0) is 0 Å². The molecule has 0 aromatic heterocycles. The van der Waals surface area contributed by atoms with E-state index in [4.69, 9.17) is 0 Å². The lowest BCUT2D eigenvalue weighted by Crippen LogP contribution is -2.17. The lowest BCUT2D eigenvalue weighted by molar-refractivity contribution is 0.425. The molecule has 16 heavy (non-hydrogen) atoms. The van der Waals surface area contributed by atoms with Crippen LogP contribution in [0.2, 0.25) is 0 Å². The third-order valence-corrected chi connectivity index (χ3v) is 3.40. The van der Waals surface area contributed by atoms with Gasteiger partial charge in [-0.1, -0.05) is 43.2 Å². The molecular weight excluding hydrogens is 194 g/mol. The molecule has 1 nitrogen and oxygen atoms in total. The summed E-state index contributed by atoms with van der Waals surface area (Å²) in [4.78, 5) is 2.28. The average molecular weight is 215 g/mol. The second kappa shape index (κ2) is 5.20. The first-order chi connectivity index (χ1) is 7.77. The van der Waals surface area contributed by atoms with E-state index >= 15 is 0 Å². The zero-order valence-corrected chi connectivity index (χ0v) is 10.3. The largest absolute Gasteiger partial charge is 0.381 e. The maximum atomic E-state index is 2.34. The summed E-state index contributed by atoms with van der Waals surface area (Å²) in [6, 6.07) is 10.6. The molecular formula is C15H21N. The van der Waals surface area contributed by atoms with Crippen LogP contribution in [0.4, 0.5) is 0 Å². The predicted octanol–water partition coefficient (Wildman–Crippen LogP) is 3.78. The number of hydrogen-bond acceptors (Lipinski definition) is 1. The van der Waals surface area contributed by atoms with Crippen LogP contribution in [0, 0.1) is 5.92 Å². The van der Waals surface area contributed by atoms with Gasteiger partial charge in [-0.05, 0) is 30.4 Å². The summed E-state index contributed by atoms with van der Waals surface area (Å²) in [5, 5.41) is 0. The number of benzene rings is 1. The number of hydrogen-bond donors (Lipinski definition) is 0. The third kappa shape index (κ3) is 2.66. The Kier molecular flexibility index (Phi) is 3.66. The zero-order valence-electron chi connectivity index (χ0n) is 10.3. The van der Waals surface area contributed by atoms with E-state index in [2.05, 4.69) is 55.4 Å². The van der Waals surface area contributed by atoms with Crippen molar-refractivity contribution < 1.29 is 0 Å². The van der Waals surface area contributed by atoms with E-state index in [0.29, 0.717) is 0 Å². The lowest BCUT2D eigenvalue weighted by atomic mass is 10.0. The molecule has 0 spiro atoms. The topological polar surface area (TPSA) is 3.24 Å². The van der Waals surface area contributed by atoms with Crippen molar-refractivity contribution in [3.05, 3.63) is 41.6 Å². The summed E-state index contributed by atoms with van der Waals surface area (Å²) in [5.41, 5.74) is 2.81. The van der Waals surface area contributed by atoms with Crippen molar-refractivity contribution in [3.63, 3.8) is 0 Å². The minimum Gasteiger partial charge on any atom is -0.381 e. The summed E-state index contributed by atoms with van der Waals surface area (Å²) in [7, 11) is 4.32. The number of nitrogens with zero attached hydrogens (tertiary/aromatic N) is 1. The van der Waals surface area contributed by atoms with Crippen molar-refractivity contribution in [2.75, 3.05) is 14.1 Å². The van der Waals surface area contributed by atoms with E-state index in [9.17, 15) is 0 Å². The second-order valence-electron chi connectivity index (χ2n) is 4.86. The van der Waals surface area contributed by atoms with Crippen molar-refractivity contribution in [2.45, 2.75) is 25.7 Å². The summed E-state index contributed by atoms with van der Waals surface area (Å²) < 4.78 is 0. The molecule has 1 saturated carbocycles. The van der Waals surface area contributed by atoms with Crippen molar-refractivity contribution in [3.8, 4) is 0 Å². The van der Waals surface area contributed by atoms with E-state index in [1.165, 1.54) is 36.9 Å². The van der Waals surface area contributed by atoms with Gasteiger partial charge < -0.3 is 4.90 Å². The second-order valence-corrected chi connectivity index (χ2v) is 4.86. The van der Waals surface area contributed by atoms with Crippen LogP contribution in [0.3, 0.4) is 0 Å². The minimum absolute atomic E-state index is 0.773. The molecule has 0 N–H and O–H groups in total. The Bertz CT molecular complexity index is 345. The SMILES string of the molecule is CN(C)/C(=C\c1ccccc1)C1CCCC1. The molecule has 1 aromatic rings. The van der Waals surface area contributed by atoms with Crippen molar-refractivity contribution in [1.29, 1.82) is 0 Å². The minimum atomic E-state index is 0.773. The molecule has 1 heteroatoms. The molecule has 86 valence electrons. The molecule has 0 unspecified atom stereocenters. The molecule has 1 fully saturated rings. The molecule has 0 aliphatic heterocycles. The summed E-state index contributed by atoms with van der Waals surface area (Å²) in [6.45, 7) is 0. The van der Waals surface area contributed by atoms with Gasteiger partial charge in [-0.2, -0.15) is 0 Å². The van der Waals surface area contributed by atoms with Gasteiger partial charge >= 0.3 is 0 Å². The Morgan fingerprint density at radius 1 is 1.12 bits per heavy atom. The van der Waals surface area contributed by atoms with Crippen LogP contribution in [0.1, 0.15) is 31.2 Å². The zero-order chi connectivity index (χ0) is 11.4. The van der Waals surface area contributed by atoms with Gasteiger partial charge in [0.15, 0.2) is 0 Å². The van der Waals surface area contributed by atoms with Crippen LogP contribution in [-0.4, -0.2) is 19.0 Å². The van der Waals surface area contributed by atoms with E-state index in [1.54, 1.807) is 0 Å². The summed E-state index contributed by atoms with van der Waals surface area (Å²) in [6.07, 6.45) is 7.85. The highest BCUT2D eigenvalue weighted by atomic mass is 15.1. The Morgan fingerprint density at radius 2 is 1.75 bits per heavy atom. The molecule has 1 aliphatic carbocycles. The molecule has 0 heterocycles. The van der Waals surface area contributed by atoms with Gasteiger partial charge in [0.1, 0.15) is 0 Å². The normalized spacial score (nSPS) is 17.8. The van der Waals surface area contributed by atoms with Crippen LogP contribution < -0.4 is 0 Å². The van der Waals surface area contributed by atoms with Crippen LogP contribution in [0.15, 0.2) is 36.0 Å². The van der Waals surface area contributed by atoms with E-state index in [1.807, 2.05) is 0 Å². The monoisotopic (exact) mass is 215 g/mol. The summed E-state index contributed by atoms with van der Waals surface area (Å²) >= 11 is 0. The lowest BCUT2D eigenvalue weighted by Gasteiger charge is -2.23. The average Bonchev–Trinajstić information content (AvgIpc) is 2.80. The highest BCUT2D eigenvalue weighted by molar-refractivity contribution is 5.52. The van der Waals surface area contributed by atoms with Crippen molar-refractivity contribution >= 4 is 6.08 Å². The Hall–Kier alpha value is -1.24. The molecule has 0 amide bonds. The van der Waals surface area contributed by atoms with E-state index < -0.39 is 0 Å². The standard InChI is InChI=1S/C15H21N/c1-16(2)15(14-10-6-7-11-14)12-13-8-4-3-5-9-13/h3-5,8-9,12,14H,6-7,10-11H2,1-2H3/b15-12-. The predicted molar refractivity (Wildman–Crippen MR) is 70.1 cm³/mol. The highest BCUT2D eigenvalue weighted by Gasteiger charge is 2.20. The van der Waals surface area contributed by atoms with Gasteiger partial charge in [-0.15, -0.1) is 0 Å². The van der Waals surface area contributed by atoms with Gasteiger partial charge in [0.2, 0.25) is 0 Å². The molecule has 2 rings (SSSR count). The van der Waals surface area contributed by atoms with Crippen LogP contribution >= 0.6 is 0 Å². The molecule has 1 aromatic carbocycles. The first-order valence-electron chi connectivity index (χ1n) is 6.21. The van der Waals surface area contributed by atoms with Gasteiger partial charge in [0.25, 0.3) is 0 Å². The van der Waals surface area contributed by atoms with E-state index in [-0.39, 0.29) is 0 Å². The highest BCUT2D eigenvalue weighted by Crippen LogP contribution is 2.32. The Labute approximate surface area is 98.8 Å². The molecule has 0 bridgehead atoms. The fourth-order valence-corrected chi connectivity index (χ4v) is 2.55. The van der Waals surface area contributed by atoms with Gasteiger partial charge in [-0.3, -0.25) is 0 Å². The Morgan fingerprint density at radius 3 is 2.31 bits per heavy atom. The number of rotatable bonds is 3. The fourth-order valence-electron chi connectivity index (χ4n) is 2.55. The fraction of sp³-hybridized carbons (Fsp3) is 0.467. The third-order valence-electron chi connectivity index (χ3n) is 3.40. The van der Waals surface area contributed by atoms with Crippen LogP contribution in [0.5, 0.6) is 0 Å². The first kappa shape index (κ1) is 11.3. The smallest absolute Gasteiger partial charge is 0.0165 e. The van der Waals surface area contributed by atoms with Crippen LogP contribution in [0.25, 0.3) is 6.08 Å². The van der Waals surface area contributed by atoms with Crippen molar-refractivity contribution in [2.24, 2.45) is 5.92 Å². The summed E-state index contributed by atoms with van der Waals surface area (Å²) in [5.74, 6) is 0.773. The van der Waals surface area contributed by atoms with E-state index in [0.717, 1.165) is 5.92 Å². The molecule has 0 saturated heterocycles. The van der Waals surface area contributed by atoms with Gasteiger partial charge in [0, 0.05) is 19.8 Å². The molecule has 0 radical (unpaired) electrons. The maximum absolute atomic E-state index is 2.34. The van der Waals surface area contributed by atoms with Crippen molar-refractivity contribution in [1.82, 2.24) is 4.90 Å². The molecule has 1 aliphatic rings. The quantitative estimate of drug-likeness (QED) is 0.741. The Balaban J connectivity index is 2.21. The van der Waals surface area contributed by atoms with Gasteiger partial charge in [0.05, 0.1) is 0 Å². The maximum Gasteiger partial charge on any atom is 0.0165 e.